The summed E-state index contributed by atoms with van der Waals surface area (Å²) < 4.78 is 28.4. The van der Waals surface area contributed by atoms with Crippen molar-refractivity contribution in [1.29, 1.82) is 0 Å². The average molecular weight is 372 g/mol. The van der Waals surface area contributed by atoms with Gasteiger partial charge in [-0.3, -0.25) is 0 Å². The molecule has 1 atom stereocenters. The molecule has 4 heteroatoms. The fraction of sp³-hybridized carbons (Fsp3) is 0.294. The Morgan fingerprint density at radius 3 is 2.24 bits per heavy atom. The molecule has 2 aromatic carbocycles. The first-order valence-corrected chi connectivity index (χ1v) is 8.19. The van der Waals surface area contributed by atoms with Crippen molar-refractivity contribution in [2.24, 2.45) is 0 Å². The predicted molar refractivity (Wildman–Crippen MR) is 84.8 cm³/mol. The second kappa shape index (κ2) is 6.05. The normalized spacial score (nSPS) is 15.6. The van der Waals surface area contributed by atoms with Crippen LogP contribution in [-0.2, 0) is 12.8 Å². The van der Waals surface area contributed by atoms with Crippen molar-refractivity contribution in [2.45, 2.75) is 31.1 Å². The molecule has 1 unspecified atom stereocenters. The van der Waals surface area contributed by atoms with Gasteiger partial charge in [-0.2, -0.15) is 0 Å². The number of rotatable bonds is 2. The lowest BCUT2D eigenvalue weighted by molar-refractivity contribution is 0.557. The summed E-state index contributed by atoms with van der Waals surface area (Å²) in [7, 11) is 0. The van der Waals surface area contributed by atoms with Gasteiger partial charge < -0.3 is 0 Å². The van der Waals surface area contributed by atoms with Crippen molar-refractivity contribution in [3.63, 3.8) is 0 Å². The zero-order chi connectivity index (χ0) is 15.0. The van der Waals surface area contributed by atoms with E-state index in [1.165, 1.54) is 29.7 Å². The van der Waals surface area contributed by atoms with Gasteiger partial charge in [-0.15, -0.1) is 11.6 Å². The van der Waals surface area contributed by atoms with Crippen LogP contribution in [0.1, 0.15) is 40.5 Å². The minimum Gasteiger partial charge on any atom is -0.206 e. The van der Waals surface area contributed by atoms with Gasteiger partial charge in [-0.05, 0) is 54.5 Å². The molecular weight excluding hydrogens is 358 g/mol. The highest BCUT2D eigenvalue weighted by molar-refractivity contribution is 9.10. The van der Waals surface area contributed by atoms with Crippen molar-refractivity contribution >= 4 is 27.5 Å². The number of alkyl halides is 1. The molecular formula is C17H14BrClF2. The molecule has 21 heavy (non-hydrogen) atoms. The maximum absolute atomic E-state index is 14.0. The van der Waals surface area contributed by atoms with Crippen LogP contribution in [0.15, 0.2) is 34.8 Å². The molecule has 0 saturated heterocycles. The van der Waals surface area contributed by atoms with Crippen molar-refractivity contribution in [2.75, 3.05) is 0 Å². The second-order valence-corrected chi connectivity index (χ2v) is 6.73. The van der Waals surface area contributed by atoms with Gasteiger partial charge in [0.25, 0.3) is 0 Å². The molecule has 0 heterocycles. The third-order valence-corrected chi connectivity index (χ3v) is 4.89. The Bertz CT molecular complexity index is 661. The van der Waals surface area contributed by atoms with E-state index in [1.807, 2.05) is 18.2 Å². The van der Waals surface area contributed by atoms with E-state index in [0.717, 1.165) is 24.8 Å². The first-order chi connectivity index (χ1) is 10.1. The van der Waals surface area contributed by atoms with Crippen LogP contribution in [0.3, 0.4) is 0 Å². The third-order valence-electron chi connectivity index (χ3n) is 3.96. The smallest absolute Gasteiger partial charge is 0.132 e. The van der Waals surface area contributed by atoms with Crippen LogP contribution in [0.5, 0.6) is 0 Å². The lowest BCUT2D eigenvalue weighted by atomic mass is 9.89. The lowest BCUT2D eigenvalue weighted by Crippen LogP contribution is -2.06. The molecule has 110 valence electrons. The summed E-state index contributed by atoms with van der Waals surface area (Å²) in [6.45, 7) is 0. The van der Waals surface area contributed by atoms with Crippen molar-refractivity contribution in [3.05, 3.63) is 68.7 Å². The maximum Gasteiger partial charge on any atom is 0.132 e. The van der Waals surface area contributed by atoms with E-state index in [2.05, 4.69) is 15.9 Å². The molecule has 0 saturated carbocycles. The Labute approximate surface area is 136 Å². The van der Waals surface area contributed by atoms with Crippen LogP contribution in [0.4, 0.5) is 8.78 Å². The van der Waals surface area contributed by atoms with Crippen LogP contribution < -0.4 is 0 Å². The molecule has 1 aliphatic carbocycles. The molecule has 2 aromatic rings. The molecule has 0 aliphatic heterocycles. The van der Waals surface area contributed by atoms with Crippen LogP contribution in [0.2, 0.25) is 0 Å². The second-order valence-electron chi connectivity index (χ2n) is 5.38. The lowest BCUT2D eigenvalue weighted by Gasteiger charge is -2.19. The molecule has 0 fully saturated rings. The van der Waals surface area contributed by atoms with Crippen LogP contribution in [0, 0.1) is 11.6 Å². The van der Waals surface area contributed by atoms with Gasteiger partial charge in [0.05, 0.1) is 5.38 Å². The van der Waals surface area contributed by atoms with E-state index in [-0.39, 0.29) is 5.56 Å². The van der Waals surface area contributed by atoms with Crippen LogP contribution in [-0.4, -0.2) is 0 Å². The first-order valence-electron chi connectivity index (χ1n) is 6.96. The monoisotopic (exact) mass is 370 g/mol. The largest absolute Gasteiger partial charge is 0.206 e. The van der Waals surface area contributed by atoms with Gasteiger partial charge in [0.2, 0.25) is 0 Å². The fourth-order valence-corrected chi connectivity index (χ4v) is 3.62. The number of benzene rings is 2. The van der Waals surface area contributed by atoms with E-state index >= 15 is 0 Å². The van der Waals surface area contributed by atoms with Crippen molar-refractivity contribution in [1.82, 2.24) is 0 Å². The molecule has 0 bridgehead atoms. The highest BCUT2D eigenvalue weighted by atomic mass is 79.9. The Hall–Kier alpha value is -0.930. The Morgan fingerprint density at radius 2 is 1.57 bits per heavy atom. The summed E-state index contributed by atoms with van der Waals surface area (Å²) in [4.78, 5) is 0. The topological polar surface area (TPSA) is 0 Å². The maximum atomic E-state index is 14.0. The molecule has 1 aliphatic rings. The zero-order valence-corrected chi connectivity index (χ0v) is 13.6. The van der Waals surface area contributed by atoms with Gasteiger partial charge >= 0.3 is 0 Å². The SMILES string of the molecule is Fc1cc(Br)cc(F)c1C(Cl)c1ccc2c(c1)CCCC2. The molecule has 0 amide bonds. The van der Waals surface area contributed by atoms with Crippen molar-refractivity contribution < 1.29 is 8.78 Å². The Morgan fingerprint density at radius 1 is 0.952 bits per heavy atom. The summed E-state index contributed by atoms with van der Waals surface area (Å²) in [6, 6.07) is 8.39. The third kappa shape index (κ3) is 3.00. The fourth-order valence-electron chi connectivity index (χ4n) is 2.87. The highest BCUT2D eigenvalue weighted by Crippen LogP contribution is 2.35. The van der Waals surface area contributed by atoms with E-state index in [9.17, 15) is 8.78 Å². The van der Waals surface area contributed by atoms with Gasteiger partial charge in [-0.1, -0.05) is 34.1 Å². The number of halogens is 4. The van der Waals surface area contributed by atoms with Gasteiger partial charge in [0.1, 0.15) is 11.6 Å². The number of hydrogen-bond acceptors (Lipinski definition) is 0. The first kappa shape index (κ1) is 15.0. The average Bonchev–Trinajstić information content (AvgIpc) is 2.45. The number of aryl methyl sites for hydroxylation is 2. The Kier molecular flexibility index (Phi) is 4.32. The quantitative estimate of drug-likeness (QED) is 0.574. The molecule has 0 N–H and O–H groups in total. The summed E-state index contributed by atoms with van der Waals surface area (Å²) in [5, 5.41) is -0.815. The molecule has 0 spiro atoms. The molecule has 0 aromatic heterocycles. The minimum atomic E-state index is -0.815. The minimum absolute atomic E-state index is 0.0874. The zero-order valence-electron chi connectivity index (χ0n) is 11.3. The van der Waals surface area contributed by atoms with Gasteiger partial charge in [-0.25, -0.2) is 8.78 Å². The standard InChI is InChI=1S/C17H14BrClF2/c18-13-8-14(20)16(15(21)9-13)17(19)12-6-5-10-3-1-2-4-11(10)7-12/h5-9,17H,1-4H2. The summed E-state index contributed by atoms with van der Waals surface area (Å²) in [5.74, 6) is -1.25. The summed E-state index contributed by atoms with van der Waals surface area (Å²) >= 11 is 9.42. The predicted octanol–water partition coefficient (Wildman–Crippen LogP) is 5.93. The van der Waals surface area contributed by atoms with Gasteiger partial charge in [0.15, 0.2) is 0 Å². The van der Waals surface area contributed by atoms with Crippen LogP contribution >= 0.6 is 27.5 Å². The number of fused-ring (bicyclic) bond motifs is 1. The molecule has 3 rings (SSSR count). The van der Waals surface area contributed by atoms with Crippen molar-refractivity contribution in [3.8, 4) is 0 Å². The van der Waals surface area contributed by atoms with Crippen LogP contribution in [0.25, 0.3) is 0 Å². The summed E-state index contributed by atoms with van der Waals surface area (Å²) in [6.07, 6.45) is 4.44. The van der Waals surface area contributed by atoms with Gasteiger partial charge in [0, 0.05) is 10.0 Å². The van der Waals surface area contributed by atoms with E-state index in [4.69, 9.17) is 11.6 Å². The van der Waals surface area contributed by atoms with E-state index in [1.54, 1.807) is 0 Å². The van der Waals surface area contributed by atoms with E-state index < -0.39 is 17.0 Å². The van der Waals surface area contributed by atoms with E-state index in [0.29, 0.717) is 4.47 Å². The summed E-state index contributed by atoms with van der Waals surface area (Å²) in [5.41, 5.74) is 3.24. The molecule has 0 nitrogen and oxygen atoms in total. The highest BCUT2D eigenvalue weighted by Gasteiger charge is 2.22. The Balaban J connectivity index is 2.01. The molecule has 0 radical (unpaired) electrons. The number of hydrogen-bond donors (Lipinski definition) is 0.